The van der Waals surface area contributed by atoms with Gasteiger partial charge in [-0.05, 0) is 29.1 Å². The SMILES string of the molecule is CS(=O)CC1C(c2ccc(Cl)cc2)NNC1c1cccs1. The molecule has 1 saturated heterocycles. The molecule has 4 unspecified atom stereocenters. The Hall–Kier alpha value is -0.720. The van der Waals surface area contributed by atoms with Crippen LogP contribution in [-0.2, 0) is 10.8 Å². The summed E-state index contributed by atoms with van der Waals surface area (Å²) in [5.41, 5.74) is 7.90. The van der Waals surface area contributed by atoms with Crippen molar-refractivity contribution in [2.45, 2.75) is 12.1 Å². The Labute approximate surface area is 136 Å². The first-order valence-electron chi connectivity index (χ1n) is 6.75. The van der Waals surface area contributed by atoms with Gasteiger partial charge >= 0.3 is 0 Å². The molecule has 6 heteroatoms. The summed E-state index contributed by atoms with van der Waals surface area (Å²) in [5.74, 6) is 0.909. The summed E-state index contributed by atoms with van der Waals surface area (Å²) in [4.78, 5) is 1.27. The lowest BCUT2D eigenvalue weighted by atomic mass is 9.90. The quantitative estimate of drug-likeness (QED) is 0.897. The van der Waals surface area contributed by atoms with Crippen molar-refractivity contribution >= 4 is 33.7 Å². The third-order valence-electron chi connectivity index (χ3n) is 3.76. The first kappa shape index (κ1) is 15.2. The number of thiophene rings is 1. The molecule has 0 bridgehead atoms. The second-order valence-corrected chi connectivity index (χ2v) is 8.11. The van der Waals surface area contributed by atoms with Crippen LogP contribution in [0.4, 0.5) is 0 Å². The Morgan fingerprint density at radius 2 is 1.90 bits per heavy atom. The van der Waals surface area contributed by atoms with Crippen LogP contribution in [0.15, 0.2) is 41.8 Å². The molecule has 1 fully saturated rings. The second kappa shape index (κ2) is 6.58. The van der Waals surface area contributed by atoms with Gasteiger partial charge in [0.15, 0.2) is 0 Å². The molecule has 1 aromatic carbocycles. The summed E-state index contributed by atoms with van der Waals surface area (Å²) in [6, 6.07) is 12.4. The van der Waals surface area contributed by atoms with Gasteiger partial charge in [-0.1, -0.05) is 29.8 Å². The molecule has 2 aromatic rings. The monoisotopic (exact) mass is 340 g/mol. The number of hydrogen-bond acceptors (Lipinski definition) is 4. The molecular formula is C15H17ClN2OS2. The van der Waals surface area contributed by atoms with Gasteiger partial charge in [-0.2, -0.15) is 0 Å². The molecule has 2 heterocycles. The second-order valence-electron chi connectivity index (χ2n) is 5.21. The van der Waals surface area contributed by atoms with Gasteiger partial charge in [-0.25, -0.2) is 10.9 Å². The molecule has 1 aliphatic heterocycles. The Morgan fingerprint density at radius 1 is 1.19 bits per heavy atom. The normalized spacial score (nSPS) is 26.9. The summed E-state index contributed by atoms with van der Waals surface area (Å²) in [7, 11) is -0.838. The van der Waals surface area contributed by atoms with E-state index >= 15 is 0 Å². The van der Waals surface area contributed by atoms with Crippen molar-refractivity contribution in [2.75, 3.05) is 12.0 Å². The largest absolute Gasteiger partial charge is 0.260 e. The van der Waals surface area contributed by atoms with Crippen LogP contribution in [0.5, 0.6) is 0 Å². The van der Waals surface area contributed by atoms with Crippen LogP contribution in [0.1, 0.15) is 22.5 Å². The number of hydrogen-bond donors (Lipinski definition) is 2. The van der Waals surface area contributed by atoms with Gasteiger partial charge in [0, 0.05) is 38.6 Å². The average molecular weight is 341 g/mol. The molecule has 0 spiro atoms. The number of halogens is 1. The van der Waals surface area contributed by atoms with E-state index in [-0.39, 0.29) is 18.0 Å². The molecule has 1 aliphatic rings. The van der Waals surface area contributed by atoms with Gasteiger partial charge in [-0.15, -0.1) is 11.3 Å². The highest BCUT2D eigenvalue weighted by Crippen LogP contribution is 2.39. The zero-order valence-electron chi connectivity index (χ0n) is 11.6. The van der Waals surface area contributed by atoms with E-state index in [2.05, 4.69) is 28.4 Å². The standard InChI is InChI=1S/C15H17ClN2OS2/c1-21(19)9-12-14(10-4-6-11(16)7-5-10)17-18-15(12)13-3-2-8-20-13/h2-8,12,14-15,17-18H,9H2,1H3. The van der Waals surface area contributed by atoms with Crippen molar-refractivity contribution in [3.05, 3.63) is 57.2 Å². The minimum absolute atomic E-state index is 0.137. The third kappa shape index (κ3) is 3.38. The fourth-order valence-corrected chi connectivity index (χ4v) is 4.71. The van der Waals surface area contributed by atoms with Crippen LogP contribution in [0.3, 0.4) is 0 Å². The minimum Gasteiger partial charge on any atom is -0.260 e. The van der Waals surface area contributed by atoms with Gasteiger partial charge < -0.3 is 0 Å². The van der Waals surface area contributed by atoms with E-state index < -0.39 is 10.8 Å². The zero-order chi connectivity index (χ0) is 14.8. The van der Waals surface area contributed by atoms with Crippen LogP contribution in [0.2, 0.25) is 5.02 Å². The van der Waals surface area contributed by atoms with Crippen molar-refractivity contribution in [3.63, 3.8) is 0 Å². The molecule has 21 heavy (non-hydrogen) atoms. The van der Waals surface area contributed by atoms with Crippen molar-refractivity contribution < 1.29 is 4.21 Å². The van der Waals surface area contributed by atoms with Crippen molar-refractivity contribution in [1.82, 2.24) is 10.9 Å². The molecule has 3 rings (SSSR count). The molecule has 0 radical (unpaired) electrons. The van der Waals surface area contributed by atoms with Crippen LogP contribution in [0, 0.1) is 5.92 Å². The average Bonchev–Trinajstić information content (AvgIpc) is 3.08. The van der Waals surface area contributed by atoms with Gasteiger partial charge in [0.05, 0.1) is 12.1 Å². The molecule has 0 aliphatic carbocycles. The summed E-state index contributed by atoms with van der Waals surface area (Å²) in [5, 5.41) is 2.81. The first-order valence-corrected chi connectivity index (χ1v) is 9.73. The molecule has 3 nitrogen and oxygen atoms in total. The maximum Gasteiger partial charge on any atom is 0.0611 e. The Morgan fingerprint density at radius 3 is 2.52 bits per heavy atom. The smallest absolute Gasteiger partial charge is 0.0611 e. The topological polar surface area (TPSA) is 41.1 Å². The van der Waals surface area contributed by atoms with Gasteiger partial charge in [-0.3, -0.25) is 4.21 Å². The van der Waals surface area contributed by atoms with Crippen molar-refractivity contribution in [3.8, 4) is 0 Å². The van der Waals surface area contributed by atoms with Crippen LogP contribution < -0.4 is 10.9 Å². The van der Waals surface area contributed by atoms with Gasteiger partial charge in [0.2, 0.25) is 0 Å². The fraction of sp³-hybridized carbons (Fsp3) is 0.333. The highest BCUT2D eigenvalue weighted by molar-refractivity contribution is 7.84. The number of nitrogens with one attached hydrogen (secondary N) is 2. The van der Waals surface area contributed by atoms with Crippen molar-refractivity contribution in [1.29, 1.82) is 0 Å². The lowest BCUT2D eigenvalue weighted by Crippen LogP contribution is -2.26. The van der Waals surface area contributed by atoms with E-state index in [1.54, 1.807) is 17.6 Å². The van der Waals surface area contributed by atoms with Gasteiger partial charge in [0.25, 0.3) is 0 Å². The lowest BCUT2D eigenvalue weighted by molar-refractivity contribution is 0.474. The predicted octanol–water partition coefficient (Wildman–Crippen LogP) is 3.29. The van der Waals surface area contributed by atoms with E-state index in [1.807, 2.05) is 24.3 Å². The van der Waals surface area contributed by atoms with E-state index in [0.29, 0.717) is 5.75 Å². The summed E-state index contributed by atoms with van der Waals surface area (Å²) in [6.45, 7) is 0. The number of benzene rings is 1. The molecule has 1 aromatic heterocycles. The molecular weight excluding hydrogens is 324 g/mol. The highest BCUT2D eigenvalue weighted by atomic mass is 35.5. The van der Waals surface area contributed by atoms with E-state index in [9.17, 15) is 4.21 Å². The predicted molar refractivity (Wildman–Crippen MR) is 89.9 cm³/mol. The summed E-state index contributed by atoms with van der Waals surface area (Å²) >= 11 is 7.69. The van der Waals surface area contributed by atoms with Crippen LogP contribution >= 0.6 is 22.9 Å². The van der Waals surface area contributed by atoms with Gasteiger partial charge in [0.1, 0.15) is 0 Å². The maximum atomic E-state index is 11.8. The van der Waals surface area contributed by atoms with E-state index in [1.165, 1.54) is 10.4 Å². The molecule has 4 atom stereocenters. The maximum absolute atomic E-state index is 11.8. The fourth-order valence-electron chi connectivity index (χ4n) is 2.80. The Bertz CT molecular complexity index is 615. The van der Waals surface area contributed by atoms with Crippen LogP contribution in [0.25, 0.3) is 0 Å². The molecule has 0 saturated carbocycles. The molecule has 2 N–H and O–H groups in total. The van der Waals surface area contributed by atoms with E-state index in [0.717, 1.165) is 5.02 Å². The highest BCUT2D eigenvalue weighted by Gasteiger charge is 2.38. The summed E-state index contributed by atoms with van der Waals surface area (Å²) in [6.07, 6.45) is 1.77. The zero-order valence-corrected chi connectivity index (χ0v) is 14.0. The Balaban J connectivity index is 1.89. The third-order valence-corrected chi connectivity index (χ3v) is 5.82. The van der Waals surface area contributed by atoms with Crippen LogP contribution in [-0.4, -0.2) is 16.2 Å². The first-order chi connectivity index (χ1) is 10.1. The molecule has 112 valence electrons. The van der Waals surface area contributed by atoms with Crippen molar-refractivity contribution in [2.24, 2.45) is 5.92 Å². The number of rotatable bonds is 4. The Kier molecular flexibility index (Phi) is 4.76. The lowest BCUT2D eigenvalue weighted by Gasteiger charge is -2.21. The summed E-state index contributed by atoms with van der Waals surface area (Å²) < 4.78 is 11.8. The number of hydrazine groups is 1. The molecule has 0 amide bonds. The van der Waals surface area contributed by atoms with E-state index in [4.69, 9.17) is 11.6 Å². The minimum atomic E-state index is -0.838.